The number of cyclic esters (lactones) is 1. The number of carbonyl (C=O) groups excluding carboxylic acids is 1. The summed E-state index contributed by atoms with van der Waals surface area (Å²) in [5, 5.41) is 41.7. The SMILES string of the molecule is CCCCCCCCCCCC[C@H](O)[C@H]1CC[C@@H]([C@H](O)CCCCCC[C@H](O)CCC[C@H](O)CC2=C[C@@H](C)OC2=O)O1. The monoisotopic (exact) mass is 596 g/mol. The molecule has 42 heavy (non-hydrogen) atoms. The lowest BCUT2D eigenvalue weighted by Gasteiger charge is -2.22. The number of hydrogen-bond acceptors (Lipinski definition) is 7. The predicted molar refractivity (Wildman–Crippen MR) is 168 cm³/mol. The van der Waals surface area contributed by atoms with Crippen LogP contribution in [-0.2, 0) is 14.3 Å². The summed E-state index contributed by atoms with van der Waals surface area (Å²) in [4.78, 5) is 11.7. The fourth-order valence-corrected chi connectivity index (χ4v) is 6.43. The number of aliphatic hydroxyl groups excluding tert-OH is 4. The fourth-order valence-electron chi connectivity index (χ4n) is 6.43. The summed E-state index contributed by atoms with van der Waals surface area (Å²) >= 11 is 0. The number of unbranched alkanes of at least 4 members (excludes halogenated alkanes) is 12. The van der Waals surface area contributed by atoms with Gasteiger partial charge in [0, 0.05) is 12.0 Å². The van der Waals surface area contributed by atoms with Crippen LogP contribution in [0.2, 0.25) is 0 Å². The van der Waals surface area contributed by atoms with Gasteiger partial charge in [-0.05, 0) is 64.4 Å². The van der Waals surface area contributed by atoms with E-state index in [-0.39, 0.29) is 30.4 Å². The van der Waals surface area contributed by atoms with Gasteiger partial charge < -0.3 is 29.9 Å². The minimum atomic E-state index is -0.584. The molecule has 7 heteroatoms. The standard InChI is InChI=1S/C35H64O7/c1-3-4-5-6-7-8-9-10-11-15-21-31(38)33-23-24-34(42-33)32(39)22-16-13-12-14-18-29(36)19-17-20-30(37)26-28-25-27(2)41-35(28)40/h25,27,29-34,36-39H,3-24,26H2,1-2H3/t27-,29+,30+,31+,32-,33-,34+/m1/s1. The van der Waals surface area contributed by atoms with Gasteiger partial charge in [0.1, 0.15) is 6.10 Å². The number of ether oxygens (including phenoxy) is 2. The molecule has 0 aromatic heterocycles. The second-order valence-electron chi connectivity index (χ2n) is 13.1. The van der Waals surface area contributed by atoms with Crippen LogP contribution in [0, 0.1) is 0 Å². The molecule has 4 N–H and O–H groups in total. The lowest BCUT2D eigenvalue weighted by Crippen LogP contribution is -2.31. The predicted octanol–water partition coefficient (Wildman–Crippen LogP) is 7.06. The summed E-state index contributed by atoms with van der Waals surface area (Å²) < 4.78 is 11.1. The molecule has 2 aliphatic heterocycles. The van der Waals surface area contributed by atoms with Crippen molar-refractivity contribution in [3.8, 4) is 0 Å². The van der Waals surface area contributed by atoms with E-state index < -0.39 is 18.3 Å². The Kier molecular flexibility index (Phi) is 19.9. The summed E-state index contributed by atoms with van der Waals surface area (Å²) in [5.41, 5.74) is 0.553. The molecule has 7 nitrogen and oxygen atoms in total. The van der Waals surface area contributed by atoms with E-state index in [9.17, 15) is 25.2 Å². The molecule has 2 heterocycles. The van der Waals surface area contributed by atoms with Crippen LogP contribution < -0.4 is 0 Å². The Morgan fingerprint density at radius 2 is 1.12 bits per heavy atom. The smallest absolute Gasteiger partial charge is 0.334 e. The van der Waals surface area contributed by atoms with Crippen LogP contribution in [-0.4, -0.2) is 69.1 Å². The van der Waals surface area contributed by atoms with Crippen LogP contribution >= 0.6 is 0 Å². The largest absolute Gasteiger partial charge is 0.455 e. The third kappa shape index (κ3) is 16.2. The Morgan fingerprint density at radius 3 is 1.62 bits per heavy atom. The summed E-state index contributed by atoms with van der Waals surface area (Å²) in [5.74, 6) is -0.331. The molecule has 0 radical (unpaired) electrons. The molecule has 0 aromatic rings. The normalized spacial score (nSPS) is 23.5. The molecule has 7 atom stereocenters. The Balaban J connectivity index is 1.41. The lowest BCUT2D eigenvalue weighted by molar-refractivity contribution is -0.139. The van der Waals surface area contributed by atoms with Gasteiger partial charge >= 0.3 is 5.97 Å². The lowest BCUT2D eigenvalue weighted by atomic mass is 9.99. The van der Waals surface area contributed by atoms with Gasteiger partial charge in [-0.3, -0.25) is 0 Å². The van der Waals surface area contributed by atoms with Crippen LogP contribution in [0.3, 0.4) is 0 Å². The molecule has 1 fully saturated rings. The Morgan fingerprint density at radius 1 is 0.667 bits per heavy atom. The first-order valence-electron chi connectivity index (χ1n) is 17.6. The van der Waals surface area contributed by atoms with Gasteiger partial charge in [0.25, 0.3) is 0 Å². The number of esters is 1. The summed E-state index contributed by atoms with van der Waals surface area (Å²) in [7, 11) is 0. The highest BCUT2D eigenvalue weighted by Crippen LogP contribution is 2.28. The third-order valence-electron chi connectivity index (χ3n) is 9.11. The van der Waals surface area contributed by atoms with Crippen molar-refractivity contribution in [1.82, 2.24) is 0 Å². The number of carbonyl (C=O) groups is 1. The molecule has 0 bridgehead atoms. The van der Waals surface area contributed by atoms with Gasteiger partial charge in [0.2, 0.25) is 0 Å². The van der Waals surface area contributed by atoms with Crippen LogP contribution in [0.4, 0.5) is 0 Å². The maximum Gasteiger partial charge on any atom is 0.334 e. The molecular weight excluding hydrogens is 532 g/mol. The first kappa shape index (κ1) is 37.2. The van der Waals surface area contributed by atoms with E-state index in [2.05, 4.69) is 6.92 Å². The highest BCUT2D eigenvalue weighted by Gasteiger charge is 2.34. The molecule has 2 rings (SSSR count). The van der Waals surface area contributed by atoms with E-state index in [1.807, 2.05) is 0 Å². The van der Waals surface area contributed by atoms with E-state index in [0.717, 1.165) is 70.6 Å². The second-order valence-corrected chi connectivity index (χ2v) is 13.1. The maximum absolute atomic E-state index is 11.7. The molecule has 2 aliphatic rings. The van der Waals surface area contributed by atoms with Crippen LogP contribution in [0.15, 0.2) is 11.6 Å². The highest BCUT2D eigenvalue weighted by molar-refractivity contribution is 5.90. The topological polar surface area (TPSA) is 116 Å². The Labute approximate surface area is 256 Å². The van der Waals surface area contributed by atoms with Crippen molar-refractivity contribution in [2.24, 2.45) is 0 Å². The van der Waals surface area contributed by atoms with E-state index in [1.54, 1.807) is 13.0 Å². The summed E-state index contributed by atoms with van der Waals surface area (Å²) in [6.45, 7) is 4.06. The van der Waals surface area contributed by atoms with Crippen molar-refractivity contribution in [2.45, 2.75) is 204 Å². The van der Waals surface area contributed by atoms with Crippen molar-refractivity contribution in [1.29, 1.82) is 0 Å². The molecule has 0 spiro atoms. The number of hydrogen-bond donors (Lipinski definition) is 4. The van der Waals surface area contributed by atoms with Gasteiger partial charge in [-0.25, -0.2) is 4.79 Å². The molecule has 0 amide bonds. The molecule has 0 saturated carbocycles. The number of rotatable bonds is 26. The van der Waals surface area contributed by atoms with Crippen molar-refractivity contribution in [3.05, 3.63) is 11.6 Å². The maximum atomic E-state index is 11.7. The first-order valence-corrected chi connectivity index (χ1v) is 17.6. The van der Waals surface area contributed by atoms with Crippen LogP contribution in [0.1, 0.15) is 162 Å². The van der Waals surface area contributed by atoms with Crippen LogP contribution in [0.25, 0.3) is 0 Å². The summed E-state index contributed by atoms with van der Waals surface area (Å²) in [6.07, 6.45) is 22.4. The van der Waals surface area contributed by atoms with Crippen LogP contribution in [0.5, 0.6) is 0 Å². The van der Waals surface area contributed by atoms with E-state index >= 15 is 0 Å². The Bertz CT molecular complexity index is 726. The average molecular weight is 597 g/mol. The van der Waals surface area contributed by atoms with E-state index in [4.69, 9.17) is 9.47 Å². The average Bonchev–Trinajstić information content (AvgIpc) is 3.57. The molecule has 0 aliphatic carbocycles. The molecule has 1 saturated heterocycles. The molecule has 0 unspecified atom stereocenters. The fraction of sp³-hybridized carbons (Fsp3) is 0.914. The van der Waals surface area contributed by atoms with Gasteiger partial charge in [0.15, 0.2) is 0 Å². The summed E-state index contributed by atoms with van der Waals surface area (Å²) in [6, 6.07) is 0. The minimum Gasteiger partial charge on any atom is -0.455 e. The zero-order chi connectivity index (χ0) is 30.6. The zero-order valence-electron chi connectivity index (χ0n) is 26.9. The molecular formula is C35H64O7. The van der Waals surface area contributed by atoms with Crippen molar-refractivity contribution < 1.29 is 34.7 Å². The Hall–Kier alpha value is -0.990. The van der Waals surface area contributed by atoms with Gasteiger partial charge in [0.05, 0.1) is 36.6 Å². The molecule has 246 valence electrons. The minimum absolute atomic E-state index is 0.134. The van der Waals surface area contributed by atoms with Crippen molar-refractivity contribution in [3.63, 3.8) is 0 Å². The third-order valence-corrected chi connectivity index (χ3v) is 9.11. The zero-order valence-corrected chi connectivity index (χ0v) is 26.9. The van der Waals surface area contributed by atoms with Gasteiger partial charge in [-0.2, -0.15) is 0 Å². The van der Waals surface area contributed by atoms with E-state index in [0.29, 0.717) is 24.8 Å². The van der Waals surface area contributed by atoms with E-state index in [1.165, 1.54) is 57.8 Å². The number of aliphatic hydroxyl groups is 4. The quantitative estimate of drug-likeness (QED) is 0.0624. The highest BCUT2D eigenvalue weighted by atomic mass is 16.5. The molecule has 0 aromatic carbocycles. The first-order chi connectivity index (χ1) is 20.3. The second kappa shape index (κ2) is 22.5. The van der Waals surface area contributed by atoms with Crippen molar-refractivity contribution in [2.75, 3.05) is 0 Å². The van der Waals surface area contributed by atoms with Gasteiger partial charge in [-0.1, -0.05) is 96.8 Å². The van der Waals surface area contributed by atoms with Crippen molar-refractivity contribution >= 4 is 5.97 Å². The van der Waals surface area contributed by atoms with Gasteiger partial charge in [-0.15, -0.1) is 0 Å².